The molecule has 1 aliphatic carbocycles. The predicted molar refractivity (Wildman–Crippen MR) is 88.1 cm³/mol. The maximum atomic E-state index is 12.9. The zero-order valence-electron chi connectivity index (χ0n) is 15.3. The first kappa shape index (κ1) is 20.6. The molecule has 6 nitrogen and oxygen atoms in total. The van der Waals surface area contributed by atoms with Crippen molar-refractivity contribution < 1.29 is 29.0 Å². The fourth-order valence-corrected chi connectivity index (χ4v) is 4.09. The van der Waals surface area contributed by atoms with Crippen LogP contribution in [0.25, 0.3) is 0 Å². The Morgan fingerprint density at radius 2 is 1.62 bits per heavy atom. The molecule has 0 bridgehead atoms. The molecule has 0 aromatic rings. The van der Waals surface area contributed by atoms with Gasteiger partial charge in [0, 0.05) is 5.92 Å². The standard InChI is InChI=1S/C18H30O6/c1-6-10-18(22)12(7-2)15(19)13(16(20)23-8-3)11(5)14(18)17(21)24-9-4/h11-14,22H,6-10H2,1-5H3. The highest BCUT2D eigenvalue weighted by Crippen LogP contribution is 2.47. The van der Waals surface area contributed by atoms with Crippen molar-refractivity contribution in [3.63, 3.8) is 0 Å². The van der Waals surface area contributed by atoms with E-state index in [9.17, 15) is 19.5 Å². The Bertz CT molecular complexity index is 474. The molecule has 0 spiro atoms. The molecular formula is C18H30O6. The molecule has 0 aliphatic heterocycles. The van der Waals surface area contributed by atoms with Gasteiger partial charge in [0.05, 0.1) is 24.7 Å². The highest BCUT2D eigenvalue weighted by molar-refractivity contribution is 6.03. The number of aliphatic hydroxyl groups is 1. The van der Waals surface area contributed by atoms with Crippen molar-refractivity contribution in [1.82, 2.24) is 0 Å². The third-order valence-corrected chi connectivity index (χ3v) is 4.98. The zero-order chi connectivity index (χ0) is 18.5. The van der Waals surface area contributed by atoms with Crippen LogP contribution in [0, 0.1) is 23.7 Å². The van der Waals surface area contributed by atoms with E-state index in [2.05, 4.69) is 0 Å². The van der Waals surface area contributed by atoms with E-state index in [0.717, 1.165) is 0 Å². The molecule has 24 heavy (non-hydrogen) atoms. The van der Waals surface area contributed by atoms with Gasteiger partial charge in [-0.15, -0.1) is 0 Å². The van der Waals surface area contributed by atoms with Gasteiger partial charge in [0.15, 0.2) is 5.78 Å². The van der Waals surface area contributed by atoms with Gasteiger partial charge in [-0.25, -0.2) is 0 Å². The molecule has 0 radical (unpaired) electrons. The van der Waals surface area contributed by atoms with E-state index in [1.54, 1.807) is 27.7 Å². The lowest BCUT2D eigenvalue weighted by molar-refractivity contribution is -0.190. The Hall–Kier alpha value is -1.43. The maximum Gasteiger partial charge on any atom is 0.316 e. The number of hydrogen-bond donors (Lipinski definition) is 1. The summed E-state index contributed by atoms with van der Waals surface area (Å²) < 4.78 is 10.2. The van der Waals surface area contributed by atoms with Crippen LogP contribution in [0.15, 0.2) is 0 Å². The van der Waals surface area contributed by atoms with Gasteiger partial charge in [-0.2, -0.15) is 0 Å². The number of hydrogen-bond acceptors (Lipinski definition) is 6. The first-order valence-electron chi connectivity index (χ1n) is 8.89. The van der Waals surface area contributed by atoms with Crippen molar-refractivity contribution in [2.24, 2.45) is 23.7 Å². The van der Waals surface area contributed by atoms with Crippen LogP contribution in [0.2, 0.25) is 0 Å². The molecule has 1 aliphatic rings. The average molecular weight is 342 g/mol. The second kappa shape index (κ2) is 8.60. The van der Waals surface area contributed by atoms with E-state index < -0.39 is 41.2 Å². The molecule has 0 saturated heterocycles. The first-order valence-corrected chi connectivity index (χ1v) is 8.89. The Morgan fingerprint density at radius 3 is 2.08 bits per heavy atom. The van der Waals surface area contributed by atoms with E-state index in [1.165, 1.54) is 0 Å². The summed E-state index contributed by atoms with van der Waals surface area (Å²) in [5.41, 5.74) is -1.49. The number of esters is 2. The Balaban J connectivity index is 3.38. The largest absolute Gasteiger partial charge is 0.466 e. The van der Waals surface area contributed by atoms with Gasteiger partial charge in [-0.1, -0.05) is 27.2 Å². The summed E-state index contributed by atoms with van der Waals surface area (Å²) in [6.07, 6.45) is 1.28. The van der Waals surface area contributed by atoms with Crippen LogP contribution < -0.4 is 0 Å². The van der Waals surface area contributed by atoms with Crippen molar-refractivity contribution >= 4 is 17.7 Å². The Kier molecular flexibility index (Phi) is 7.39. The summed E-state index contributed by atoms with van der Waals surface area (Å²) in [7, 11) is 0. The van der Waals surface area contributed by atoms with Crippen LogP contribution in [0.5, 0.6) is 0 Å². The monoisotopic (exact) mass is 342 g/mol. The maximum absolute atomic E-state index is 12.9. The molecule has 1 N–H and O–H groups in total. The van der Waals surface area contributed by atoms with Crippen LogP contribution in [0.4, 0.5) is 0 Å². The van der Waals surface area contributed by atoms with Gasteiger partial charge in [-0.3, -0.25) is 14.4 Å². The molecule has 1 saturated carbocycles. The molecular weight excluding hydrogens is 312 g/mol. The number of ketones is 1. The molecule has 0 aromatic heterocycles. The summed E-state index contributed by atoms with van der Waals surface area (Å²) in [4.78, 5) is 37.7. The highest BCUT2D eigenvalue weighted by Gasteiger charge is 2.61. The van der Waals surface area contributed by atoms with Gasteiger partial charge < -0.3 is 14.6 Å². The van der Waals surface area contributed by atoms with E-state index in [1.807, 2.05) is 6.92 Å². The molecule has 5 atom stereocenters. The minimum absolute atomic E-state index is 0.162. The third kappa shape index (κ3) is 3.63. The fraction of sp³-hybridized carbons (Fsp3) is 0.833. The van der Waals surface area contributed by atoms with Crippen molar-refractivity contribution in [3.8, 4) is 0 Å². The lowest BCUT2D eigenvalue weighted by atomic mass is 9.57. The smallest absolute Gasteiger partial charge is 0.316 e. The summed E-state index contributed by atoms with van der Waals surface area (Å²) >= 11 is 0. The highest BCUT2D eigenvalue weighted by atomic mass is 16.5. The van der Waals surface area contributed by atoms with E-state index >= 15 is 0 Å². The van der Waals surface area contributed by atoms with Crippen molar-refractivity contribution in [2.45, 2.75) is 59.5 Å². The average Bonchev–Trinajstić information content (AvgIpc) is 2.48. The number of ether oxygens (including phenoxy) is 2. The Labute approximate surface area is 143 Å². The van der Waals surface area contributed by atoms with Crippen LogP contribution in [0.3, 0.4) is 0 Å². The summed E-state index contributed by atoms with van der Waals surface area (Å²) in [5.74, 6) is -4.93. The lowest BCUT2D eigenvalue weighted by Crippen LogP contribution is -2.62. The minimum Gasteiger partial charge on any atom is -0.466 e. The lowest BCUT2D eigenvalue weighted by Gasteiger charge is -2.48. The van der Waals surface area contributed by atoms with Gasteiger partial charge in [0.25, 0.3) is 0 Å². The van der Waals surface area contributed by atoms with Gasteiger partial charge in [-0.05, 0) is 32.6 Å². The van der Waals surface area contributed by atoms with Gasteiger partial charge >= 0.3 is 11.9 Å². The predicted octanol–water partition coefficient (Wildman–Crippen LogP) is 2.12. The van der Waals surface area contributed by atoms with Gasteiger partial charge in [0.2, 0.25) is 0 Å². The zero-order valence-corrected chi connectivity index (χ0v) is 15.3. The second-order valence-electron chi connectivity index (χ2n) is 6.42. The van der Waals surface area contributed by atoms with Crippen molar-refractivity contribution in [2.75, 3.05) is 13.2 Å². The SMILES string of the molecule is CCCC1(O)C(CC)C(=O)C(C(=O)OCC)C(C)C1C(=O)OCC. The Morgan fingerprint density at radius 1 is 1.08 bits per heavy atom. The molecule has 138 valence electrons. The topological polar surface area (TPSA) is 89.9 Å². The molecule has 1 fully saturated rings. The third-order valence-electron chi connectivity index (χ3n) is 4.98. The molecule has 1 rings (SSSR count). The van der Waals surface area contributed by atoms with Crippen LogP contribution >= 0.6 is 0 Å². The van der Waals surface area contributed by atoms with Crippen molar-refractivity contribution in [3.05, 3.63) is 0 Å². The normalized spacial score (nSPS) is 33.2. The van der Waals surface area contributed by atoms with Gasteiger partial charge in [0.1, 0.15) is 5.92 Å². The van der Waals surface area contributed by atoms with E-state index in [0.29, 0.717) is 19.3 Å². The molecule has 0 aromatic carbocycles. The molecule has 0 amide bonds. The van der Waals surface area contributed by atoms with E-state index in [-0.39, 0.29) is 19.0 Å². The summed E-state index contributed by atoms with van der Waals surface area (Å²) in [5, 5.41) is 11.3. The number of Topliss-reactive ketones (excluding diaryl/α,β-unsaturated/α-hetero) is 1. The van der Waals surface area contributed by atoms with Crippen LogP contribution in [-0.2, 0) is 23.9 Å². The quantitative estimate of drug-likeness (QED) is 0.563. The minimum atomic E-state index is -1.49. The number of rotatable bonds is 7. The van der Waals surface area contributed by atoms with Crippen LogP contribution in [0.1, 0.15) is 53.9 Å². The van der Waals surface area contributed by atoms with Crippen LogP contribution in [-0.4, -0.2) is 41.6 Å². The molecule has 5 unspecified atom stereocenters. The second-order valence-corrected chi connectivity index (χ2v) is 6.42. The fourth-order valence-electron chi connectivity index (χ4n) is 4.09. The molecule has 0 heterocycles. The number of carbonyl (C=O) groups excluding carboxylic acids is 3. The summed E-state index contributed by atoms with van der Waals surface area (Å²) in [6.45, 7) is 9.02. The van der Waals surface area contributed by atoms with Crippen molar-refractivity contribution in [1.29, 1.82) is 0 Å². The molecule has 6 heteroatoms. The first-order chi connectivity index (χ1) is 11.3. The summed E-state index contributed by atoms with van der Waals surface area (Å²) in [6, 6.07) is 0. The number of carbonyl (C=O) groups is 3. The van der Waals surface area contributed by atoms with E-state index in [4.69, 9.17) is 9.47 Å².